The molecule has 0 radical (unpaired) electrons. The van der Waals surface area contributed by atoms with Gasteiger partial charge in [0.2, 0.25) is 10.9 Å². The van der Waals surface area contributed by atoms with Gasteiger partial charge in [-0.1, -0.05) is 29.8 Å². The lowest BCUT2D eigenvalue weighted by Gasteiger charge is -2.39. The lowest BCUT2D eigenvalue weighted by Crippen LogP contribution is -2.51. The van der Waals surface area contributed by atoms with Crippen LogP contribution < -0.4 is 20.7 Å². The lowest BCUT2D eigenvalue weighted by molar-refractivity contribution is 0.649. The number of benzene rings is 2. The van der Waals surface area contributed by atoms with E-state index in [0.717, 1.165) is 40.5 Å². The first-order chi connectivity index (χ1) is 13.8. The highest BCUT2D eigenvalue weighted by Gasteiger charge is 2.30. The van der Waals surface area contributed by atoms with Crippen LogP contribution in [0.25, 0.3) is 11.1 Å². The number of hydrogen-bond donors (Lipinski definition) is 0. The highest BCUT2D eigenvalue weighted by molar-refractivity contribution is 6.30. The molecule has 0 N–H and O–H groups in total. The molecule has 3 aromatic carbocycles. The minimum absolute atomic E-state index is 0.356. The van der Waals surface area contributed by atoms with Gasteiger partial charge in [0.15, 0.2) is 0 Å². The minimum Gasteiger partial charge on any atom is -0.368 e. The Kier molecular flexibility index (Phi) is 4.99. The second-order valence-electron chi connectivity index (χ2n) is 8.04. The van der Waals surface area contributed by atoms with Crippen molar-refractivity contribution in [2.24, 2.45) is 0 Å². The average Bonchev–Trinajstić information content (AvgIpc) is 2.70. The summed E-state index contributed by atoms with van der Waals surface area (Å²) in [6.07, 6.45) is 0. The molecule has 1 aliphatic heterocycles. The molecule has 1 aliphatic rings. The van der Waals surface area contributed by atoms with Crippen LogP contribution in [0.3, 0.4) is 0 Å². The number of rotatable bonds is 3. The maximum absolute atomic E-state index is 12.5. The third-order valence-corrected chi connectivity index (χ3v) is 6.34. The summed E-state index contributed by atoms with van der Waals surface area (Å²) in [5.41, 5.74) is 7.02. The Labute approximate surface area is 176 Å². The Balaban J connectivity index is 1.62. The summed E-state index contributed by atoms with van der Waals surface area (Å²) in [5, 5.41) is 0.725. The van der Waals surface area contributed by atoms with Gasteiger partial charge in [0.1, 0.15) is 5.69 Å². The van der Waals surface area contributed by atoms with Crippen molar-refractivity contribution < 1.29 is 0 Å². The van der Waals surface area contributed by atoms with Gasteiger partial charge in [-0.05, 0) is 67.6 Å². The Morgan fingerprint density at radius 2 is 1.34 bits per heavy atom. The summed E-state index contributed by atoms with van der Waals surface area (Å²) in [4.78, 5) is 29.3. The van der Waals surface area contributed by atoms with Crippen LogP contribution in [0.1, 0.15) is 22.3 Å². The van der Waals surface area contributed by atoms with Gasteiger partial charge in [-0.2, -0.15) is 0 Å². The molecule has 3 aromatic rings. The summed E-state index contributed by atoms with van der Waals surface area (Å²) in [6, 6.07) is 10.1. The van der Waals surface area contributed by atoms with E-state index in [1.165, 1.54) is 11.1 Å². The maximum atomic E-state index is 12.5. The molecule has 0 spiro atoms. The molecule has 0 atom stereocenters. The van der Waals surface area contributed by atoms with Gasteiger partial charge in [0.05, 0.1) is 5.56 Å². The Hall–Kier alpha value is -2.59. The number of hydrogen-bond acceptors (Lipinski definition) is 4. The van der Waals surface area contributed by atoms with Gasteiger partial charge in [-0.15, -0.1) is 0 Å². The molecule has 0 saturated carbocycles. The van der Waals surface area contributed by atoms with E-state index in [1.807, 2.05) is 38.1 Å². The lowest BCUT2D eigenvalue weighted by atomic mass is 9.91. The van der Waals surface area contributed by atoms with Crippen molar-refractivity contribution in [1.82, 2.24) is 0 Å². The quantitative estimate of drug-likeness (QED) is 0.610. The van der Waals surface area contributed by atoms with E-state index in [-0.39, 0.29) is 10.9 Å². The minimum atomic E-state index is -0.362. The molecule has 0 aromatic heterocycles. The predicted molar refractivity (Wildman–Crippen MR) is 122 cm³/mol. The van der Waals surface area contributed by atoms with Crippen molar-refractivity contribution in [3.63, 3.8) is 0 Å². The van der Waals surface area contributed by atoms with Crippen molar-refractivity contribution in [2.45, 2.75) is 27.7 Å². The fourth-order valence-electron chi connectivity index (χ4n) is 4.26. The number of aryl methyl sites for hydroxylation is 4. The van der Waals surface area contributed by atoms with Crippen molar-refractivity contribution >= 4 is 23.0 Å². The summed E-state index contributed by atoms with van der Waals surface area (Å²) in [7, 11) is 0. The van der Waals surface area contributed by atoms with E-state index >= 15 is 0 Å². The molecule has 0 bridgehead atoms. The first-order valence-corrected chi connectivity index (χ1v) is 10.3. The molecule has 29 heavy (non-hydrogen) atoms. The van der Waals surface area contributed by atoms with Gasteiger partial charge < -0.3 is 9.80 Å². The monoisotopic (exact) mass is 408 g/mol. The van der Waals surface area contributed by atoms with Gasteiger partial charge in [-0.3, -0.25) is 9.59 Å². The highest BCUT2D eigenvalue weighted by atomic mass is 35.5. The smallest absolute Gasteiger partial charge is 0.250 e. The molecule has 150 valence electrons. The molecule has 1 fully saturated rings. The van der Waals surface area contributed by atoms with E-state index in [4.69, 9.17) is 11.6 Å². The molecule has 4 rings (SSSR count). The normalized spacial score (nSPS) is 14.7. The second kappa shape index (κ2) is 7.34. The average molecular weight is 409 g/mol. The molecular weight excluding hydrogens is 384 g/mol. The highest BCUT2D eigenvalue weighted by Crippen LogP contribution is 2.32. The fraction of sp³-hybridized carbons (Fsp3) is 0.333. The zero-order valence-corrected chi connectivity index (χ0v) is 18.1. The molecule has 5 heteroatoms. The first-order valence-electron chi connectivity index (χ1n) is 9.95. The SMILES string of the molecule is Cc1cc(C)c(-c2c(N3CCN(c4cc(Cl)ccc4C)CC3)c(=O)c2=O)cc1C. The van der Waals surface area contributed by atoms with E-state index in [1.54, 1.807) is 0 Å². The van der Waals surface area contributed by atoms with Crippen LogP contribution in [0.2, 0.25) is 5.02 Å². The number of nitrogens with zero attached hydrogens (tertiary/aromatic N) is 2. The van der Waals surface area contributed by atoms with Crippen LogP contribution in [0.15, 0.2) is 39.9 Å². The molecular formula is C24H25ClN2O2. The predicted octanol–water partition coefficient (Wildman–Crippen LogP) is 4.16. The molecule has 4 nitrogen and oxygen atoms in total. The molecule has 1 heterocycles. The summed E-state index contributed by atoms with van der Waals surface area (Å²) < 4.78 is 0. The summed E-state index contributed by atoms with van der Waals surface area (Å²) in [6.45, 7) is 11.2. The molecule has 1 saturated heterocycles. The zero-order chi connectivity index (χ0) is 20.9. The molecule has 0 unspecified atom stereocenters. The van der Waals surface area contributed by atoms with Crippen molar-refractivity contribution in [3.05, 3.63) is 78.1 Å². The summed E-state index contributed by atoms with van der Waals surface area (Å²) >= 11 is 6.18. The molecule has 0 aliphatic carbocycles. The number of piperazine rings is 1. The third kappa shape index (κ3) is 3.36. The van der Waals surface area contributed by atoms with Gasteiger partial charge in [0.25, 0.3) is 0 Å². The van der Waals surface area contributed by atoms with E-state index < -0.39 is 0 Å². The maximum Gasteiger partial charge on any atom is 0.250 e. The van der Waals surface area contributed by atoms with Crippen molar-refractivity contribution in [2.75, 3.05) is 36.0 Å². The third-order valence-electron chi connectivity index (χ3n) is 6.10. The zero-order valence-electron chi connectivity index (χ0n) is 17.3. The fourth-order valence-corrected chi connectivity index (χ4v) is 4.42. The van der Waals surface area contributed by atoms with Crippen LogP contribution in [0.4, 0.5) is 11.4 Å². The van der Waals surface area contributed by atoms with E-state index in [0.29, 0.717) is 24.3 Å². The second-order valence-corrected chi connectivity index (χ2v) is 8.47. The van der Waals surface area contributed by atoms with Gasteiger partial charge in [-0.25, -0.2) is 0 Å². The van der Waals surface area contributed by atoms with Crippen LogP contribution in [-0.4, -0.2) is 26.2 Å². The van der Waals surface area contributed by atoms with Crippen LogP contribution in [-0.2, 0) is 0 Å². The topological polar surface area (TPSA) is 40.6 Å². The Bertz CT molecular complexity index is 1170. The Morgan fingerprint density at radius 1 is 0.724 bits per heavy atom. The number of anilines is 2. The first kappa shape index (κ1) is 19.7. The standard InChI is InChI=1S/C24H25ClN2O2/c1-14-5-6-18(25)13-20(14)26-7-9-27(10-8-26)22-21(23(28)24(22)29)19-12-16(3)15(2)11-17(19)4/h5-6,11-13H,7-10H2,1-4H3. The van der Waals surface area contributed by atoms with E-state index in [2.05, 4.69) is 29.7 Å². The van der Waals surface area contributed by atoms with Crippen LogP contribution in [0.5, 0.6) is 0 Å². The number of halogens is 1. The van der Waals surface area contributed by atoms with E-state index in [9.17, 15) is 9.59 Å². The van der Waals surface area contributed by atoms with Gasteiger partial charge >= 0.3 is 0 Å². The Morgan fingerprint density at radius 3 is 2.03 bits per heavy atom. The van der Waals surface area contributed by atoms with Gasteiger partial charge in [0, 0.05) is 36.9 Å². The van der Waals surface area contributed by atoms with Crippen LogP contribution in [0, 0.1) is 27.7 Å². The van der Waals surface area contributed by atoms with Crippen molar-refractivity contribution in [3.8, 4) is 11.1 Å². The van der Waals surface area contributed by atoms with Crippen molar-refractivity contribution in [1.29, 1.82) is 0 Å². The van der Waals surface area contributed by atoms with Crippen LogP contribution >= 0.6 is 11.6 Å². The summed E-state index contributed by atoms with van der Waals surface area (Å²) in [5.74, 6) is 0. The largest absolute Gasteiger partial charge is 0.368 e. The molecule has 0 amide bonds.